The van der Waals surface area contributed by atoms with Crippen molar-refractivity contribution in [2.24, 2.45) is 5.73 Å². The first-order chi connectivity index (χ1) is 10.5. The number of amides is 2. The lowest BCUT2D eigenvalue weighted by atomic mass is 10.1. The molecule has 1 aliphatic heterocycles. The number of nitrogens with one attached hydrogen (secondary N) is 2. The molecule has 1 aliphatic rings. The van der Waals surface area contributed by atoms with Crippen LogP contribution in [0.5, 0.6) is 0 Å². The molecule has 2 rings (SSSR count). The van der Waals surface area contributed by atoms with Crippen LogP contribution in [0.4, 0.5) is 0 Å². The summed E-state index contributed by atoms with van der Waals surface area (Å²) < 4.78 is 10.8. The molecular weight excluding hydrogens is 288 g/mol. The number of aromatic nitrogens is 2. The van der Waals surface area contributed by atoms with Crippen molar-refractivity contribution >= 4 is 11.8 Å². The number of hydrogen-bond acceptors (Lipinski definition) is 5. The lowest BCUT2D eigenvalue weighted by Crippen LogP contribution is -2.51. The molecule has 2 heterocycles. The predicted molar refractivity (Wildman–Crippen MR) is 78.1 cm³/mol. The number of primary amides is 1. The fraction of sp³-hybridized carbons (Fsp3) is 0.643. The Balaban J connectivity index is 1.92. The van der Waals surface area contributed by atoms with Crippen LogP contribution >= 0.6 is 0 Å². The van der Waals surface area contributed by atoms with E-state index in [0.29, 0.717) is 19.6 Å². The van der Waals surface area contributed by atoms with E-state index in [2.05, 4.69) is 15.5 Å². The van der Waals surface area contributed by atoms with Gasteiger partial charge in [-0.3, -0.25) is 14.7 Å². The molecule has 0 unspecified atom stereocenters. The minimum atomic E-state index is -0.527. The molecule has 122 valence electrons. The van der Waals surface area contributed by atoms with Crippen LogP contribution in [0, 0.1) is 13.8 Å². The zero-order valence-corrected chi connectivity index (χ0v) is 12.8. The molecule has 8 heteroatoms. The molecule has 0 radical (unpaired) electrons. The Hall–Kier alpha value is -1.93. The van der Waals surface area contributed by atoms with Crippen LogP contribution in [0.25, 0.3) is 0 Å². The number of H-pyrrole nitrogens is 1. The topological polar surface area (TPSA) is 119 Å². The average molecular weight is 310 g/mol. The number of nitrogens with two attached hydrogens (primary N) is 1. The fourth-order valence-corrected chi connectivity index (χ4v) is 2.49. The normalized spacial score (nSPS) is 21.5. The van der Waals surface area contributed by atoms with Crippen molar-refractivity contribution in [1.82, 2.24) is 15.5 Å². The maximum Gasteiger partial charge on any atom is 0.243 e. The van der Waals surface area contributed by atoms with Gasteiger partial charge in [-0.2, -0.15) is 5.10 Å². The first kappa shape index (κ1) is 16.4. The predicted octanol–water partition coefficient (Wildman–Crippen LogP) is -0.655. The summed E-state index contributed by atoms with van der Waals surface area (Å²) in [6.45, 7) is 4.48. The van der Waals surface area contributed by atoms with Crippen LogP contribution < -0.4 is 11.1 Å². The maximum absolute atomic E-state index is 12.2. The van der Waals surface area contributed by atoms with E-state index in [9.17, 15) is 9.59 Å². The van der Waals surface area contributed by atoms with Crippen molar-refractivity contribution in [1.29, 1.82) is 0 Å². The first-order valence-electron chi connectivity index (χ1n) is 7.25. The van der Waals surface area contributed by atoms with E-state index in [-0.39, 0.29) is 31.1 Å². The summed E-state index contributed by atoms with van der Waals surface area (Å²) in [7, 11) is 0. The van der Waals surface area contributed by atoms with Crippen LogP contribution in [0.1, 0.15) is 23.4 Å². The third-order valence-electron chi connectivity index (χ3n) is 3.70. The van der Waals surface area contributed by atoms with Crippen molar-refractivity contribution in [3.63, 3.8) is 0 Å². The molecule has 22 heavy (non-hydrogen) atoms. The highest BCUT2D eigenvalue weighted by Gasteiger charge is 2.28. The SMILES string of the molecule is Cc1n[nH]c(C)c1CC(=O)N[C@@H]1COCC[C@@H]1OCC(N)=O. The molecule has 0 aromatic carbocycles. The average Bonchev–Trinajstić information content (AvgIpc) is 2.78. The highest BCUT2D eigenvalue weighted by molar-refractivity contribution is 5.79. The molecule has 2 atom stereocenters. The van der Waals surface area contributed by atoms with E-state index in [1.807, 2.05) is 13.8 Å². The molecule has 0 aliphatic carbocycles. The third-order valence-corrected chi connectivity index (χ3v) is 3.70. The van der Waals surface area contributed by atoms with E-state index in [1.165, 1.54) is 0 Å². The Bertz CT molecular complexity index is 523. The van der Waals surface area contributed by atoms with E-state index < -0.39 is 5.91 Å². The molecule has 0 spiro atoms. The monoisotopic (exact) mass is 310 g/mol. The largest absolute Gasteiger partial charge is 0.379 e. The second-order valence-corrected chi connectivity index (χ2v) is 5.44. The van der Waals surface area contributed by atoms with Gasteiger partial charge in [0.15, 0.2) is 0 Å². The zero-order valence-electron chi connectivity index (χ0n) is 12.8. The van der Waals surface area contributed by atoms with E-state index in [1.54, 1.807) is 0 Å². The zero-order chi connectivity index (χ0) is 16.1. The summed E-state index contributed by atoms with van der Waals surface area (Å²) >= 11 is 0. The Morgan fingerprint density at radius 1 is 1.50 bits per heavy atom. The van der Waals surface area contributed by atoms with Crippen LogP contribution in [0.3, 0.4) is 0 Å². The number of hydrogen-bond donors (Lipinski definition) is 3. The van der Waals surface area contributed by atoms with Gasteiger partial charge >= 0.3 is 0 Å². The lowest BCUT2D eigenvalue weighted by Gasteiger charge is -2.31. The Morgan fingerprint density at radius 3 is 2.91 bits per heavy atom. The van der Waals surface area contributed by atoms with Crippen LogP contribution in [-0.4, -0.2) is 54.0 Å². The minimum absolute atomic E-state index is 0.129. The van der Waals surface area contributed by atoms with Crippen molar-refractivity contribution in [3.8, 4) is 0 Å². The van der Waals surface area contributed by atoms with E-state index in [4.69, 9.17) is 15.2 Å². The van der Waals surface area contributed by atoms with Crippen molar-refractivity contribution < 1.29 is 19.1 Å². The summed E-state index contributed by atoms with van der Waals surface area (Å²) in [6, 6.07) is -0.284. The van der Waals surface area contributed by atoms with Gasteiger partial charge < -0.3 is 20.5 Å². The van der Waals surface area contributed by atoms with Gasteiger partial charge in [0.2, 0.25) is 11.8 Å². The van der Waals surface area contributed by atoms with Gasteiger partial charge in [0.05, 0.1) is 30.9 Å². The Labute approximate surface area is 128 Å². The van der Waals surface area contributed by atoms with Gasteiger partial charge in [0.25, 0.3) is 0 Å². The van der Waals surface area contributed by atoms with E-state index >= 15 is 0 Å². The second-order valence-electron chi connectivity index (χ2n) is 5.44. The number of rotatable bonds is 6. The summed E-state index contributed by atoms with van der Waals surface area (Å²) in [4.78, 5) is 23.0. The van der Waals surface area contributed by atoms with Gasteiger partial charge in [-0.1, -0.05) is 0 Å². The van der Waals surface area contributed by atoms with E-state index in [0.717, 1.165) is 17.0 Å². The van der Waals surface area contributed by atoms with Crippen molar-refractivity contribution in [2.75, 3.05) is 19.8 Å². The smallest absolute Gasteiger partial charge is 0.243 e. The number of aryl methyl sites for hydroxylation is 2. The molecular formula is C14H22N4O4. The van der Waals surface area contributed by atoms with Crippen molar-refractivity contribution in [2.45, 2.75) is 38.8 Å². The van der Waals surface area contributed by atoms with Crippen LogP contribution in [0.15, 0.2) is 0 Å². The molecule has 4 N–H and O–H groups in total. The molecule has 1 saturated heterocycles. The molecule has 0 bridgehead atoms. The number of nitrogens with zero attached hydrogens (tertiary/aromatic N) is 1. The van der Waals surface area contributed by atoms with Gasteiger partial charge in [0, 0.05) is 17.9 Å². The first-order valence-corrected chi connectivity index (χ1v) is 7.25. The Morgan fingerprint density at radius 2 is 2.27 bits per heavy atom. The number of carbonyl (C=O) groups excluding carboxylic acids is 2. The summed E-state index contributed by atoms with van der Waals surface area (Å²) in [6.07, 6.45) is 0.589. The van der Waals surface area contributed by atoms with Crippen molar-refractivity contribution in [3.05, 3.63) is 17.0 Å². The molecule has 2 amide bonds. The molecule has 1 fully saturated rings. The van der Waals surface area contributed by atoms with Gasteiger partial charge in [-0.15, -0.1) is 0 Å². The minimum Gasteiger partial charge on any atom is -0.379 e. The molecule has 0 saturated carbocycles. The highest BCUT2D eigenvalue weighted by atomic mass is 16.5. The summed E-state index contributed by atoms with van der Waals surface area (Å²) in [5, 5.41) is 9.83. The van der Waals surface area contributed by atoms with Gasteiger partial charge in [-0.25, -0.2) is 0 Å². The number of carbonyl (C=O) groups is 2. The summed E-state index contributed by atoms with van der Waals surface area (Å²) in [5.41, 5.74) is 7.68. The third kappa shape index (κ3) is 4.28. The highest BCUT2D eigenvalue weighted by Crippen LogP contribution is 2.14. The molecule has 1 aromatic heterocycles. The number of aromatic amines is 1. The molecule has 1 aromatic rings. The molecule has 8 nitrogen and oxygen atoms in total. The van der Waals surface area contributed by atoms with Crippen LogP contribution in [-0.2, 0) is 25.5 Å². The quantitative estimate of drug-likeness (QED) is 0.644. The standard InChI is InChI=1S/C14H22N4O4/c1-8-10(9(2)18-17-8)5-14(20)16-11-6-21-4-3-12(11)22-7-13(15)19/h11-12H,3-7H2,1-2H3,(H2,15,19)(H,16,20)(H,17,18)/t11-,12+/m1/s1. The van der Waals surface area contributed by atoms with Gasteiger partial charge in [-0.05, 0) is 20.3 Å². The summed E-state index contributed by atoms with van der Waals surface area (Å²) in [5.74, 6) is -0.656. The van der Waals surface area contributed by atoms with Gasteiger partial charge in [0.1, 0.15) is 6.61 Å². The second kappa shape index (κ2) is 7.37. The fourth-order valence-electron chi connectivity index (χ4n) is 2.49. The Kier molecular flexibility index (Phi) is 5.51. The number of ether oxygens (including phenoxy) is 2. The van der Waals surface area contributed by atoms with Crippen LogP contribution in [0.2, 0.25) is 0 Å². The lowest BCUT2D eigenvalue weighted by molar-refractivity contribution is -0.131. The maximum atomic E-state index is 12.2.